The zero-order chi connectivity index (χ0) is 7.11. The Hall–Kier alpha value is 0.0969. The fourth-order valence-electron chi connectivity index (χ4n) is 0.534. The van der Waals surface area contributed by atoms with Crippen molar-refractivity contribution >= 4 is 9.28 Å². The summed E-state index contributed by atoms with van der Waals surface area (Å²) in [6, 6.07) is 0.980. The second-order valence-corrected chi connectivity index (χ2v) is 3.73. The van der Waals surface area contributed by atoms with Crippen molar-refractivity contribution in [2.24, 2.45) is 5.73 Å². The van der Waals surface area contributed by atoms with Gasteiger partial charge in [-0.1, -0.05) is 0 Å². The van der Waals surface area contributed by atoms with E-state index in [1.807, 2.05) is 0 Å². The van der Waals surface area contributed by atoms with Gasteiger partial charge in [0.1, 0.15) is 0 Å². The minimum Gasteiger partial charge on any atom is -0.397 e. The molecule has 0 saturated heterocycles. The smallest absolute Gasteiger partial charge is 0.384 e. The topological polar surface area (TPSA) is 44.5 Å². The predicted octanol–water partition coefficient (Wildman–Crippen LogP) is 0.116. The molecule has 4 heteroatoms. The monoisotopic (exact) mass is 148 g/mol. The number of nitrogens with two attached hydrogens (primary N) is 1. The molecule has 3 nitrogen and oxygen atoms in total. The summed E-state index contributed by atoms with van der Waals surface area (Å²) in [6.45, 7) is 0.723. The van der Waals surface area contributed by atoms with Crippen LogP contribution >= 0.6 is 0 Å². The highest BCUT2D eigenvalue weighted by atomic mass is 28.3. The first-order chi connectivity index (χ1) is 4.35. The molecule has 9 heavy (non-hydrogen) atoms. The molecule has 1 radical (unpaired) electrons. The maximum absolute atomic E-state index is 5.29. The lowest BCUT2D eigenvalue weighted by atomic mass is 10.5. The molecule has 0 aliphatic rings. The Morgan fingerprint density at radius 3 is 2.22 bits per heavy atom. The van der Waals surface area contributed by atoms with Crippen molar-refractivity contribution in [2.75, 3.05) is 20.8 Å². The van der Waals surface area contributed by atoms with Gasteiger partial charge in [-0.2, -0.15) is 0 Å². The van der Waals surface area contributed by atoms with Crippen LogP contribution < -0.4 is 5.73 Å². The van der Waals surface area contributed by atoms with E-state index in [1.54, 1.807) is 14.2 Å². The van der Waals surface area contributed by atoms with Crippen molar-refractivity contribution in [3.05, 3.63) is 0 Å². The van der Waals surface area contributed by atoms with E-state index >= 15 is 0 Å². The predicted molar refractivity (Wildman–Crippen MR) is 38.3 cm³/mol. The van der Waals surface area contributed by atoms with Gasteiger partial charge in [0, 0.05) is 14.2 Å². The summed E-state index contributed by atoms with van der Waals surface area (Å²) in [5.74, 6) is 0. The Morgan fingerprint density at radius 1 is 1.33 bits per heavy atom. The Bertz CT molecular complexity index is 58.9. The van der Waals surface area contributed by atoms with Crippen LogP contribution in [0.3, 0.4) is 0 Å². The minimum atomic E-state index is -0.966. The highest BCUT2D eigenvalue weighted by Gasteiger charge is 2.09. The molecule has 55 valence electrons. The normalized spacial score (nSPS) is 10.7. The summed E-state index contributed by atoms with van der Waals surface area (Å²) in [5.41, 5.74) is 5.29. The third kappa shape index (κ3) is 4.59. The van der Waals surface area contributed by atoms with E-state index in [-0.39, 0.29) is 0 Å². The zero-order valence-corrected chi connectivity index (χ0v) is 7.02. The summed E-state index contributed by atoms with van der Waals surface area (Å²) in [6.07, 6.45) is 0.996. The first-order valence-corrected chi connectivity index (χ1v) is 4.51. The van der Waals surface area contributed by atoms with Crippen LogP contribution in [0.25, 0.3) is 0 Å². The standard InChI is InChI=1S/C5H14NO2Si/c1-7-9(8-2)5-3-4-6/h3-6H2,1-2H3. The molecule has 0 heterocycles. The average molecular weight is 148 g/mol. The first-order valence-electron chi connectivity index (χ1n) is 2.99. The molecule has 0 aliphatic carbocycles. The average Bonchev–Trinajstić information content (AvgIpc) is 1.91. The lowest BCUT2D eigenvalue weighted by molar-refractivity contribution is 0.277. The van der Waals surface area contributed by atoms with Gasteiger partial charge in [-0.15, -0.1) is 0 Å². The van der Waals surface area contributed by atoms with Crippen LogP contribution in [0.1, 0.15) is 6.42 Å². The maximum atomic E-state index is 5.29. The summed E-state index contributed by atoms with van der Waals surface area (Å²) in [4.78, 5) is 0. The van der Waals surface area contributed by atoms with Gasteiger partial charge in [-0.25, -0.2) is 0 Å². The largest absolute Gasteiger partial charge is 0.397 e. The molecular weight excluding hydrogens is 134 g/mol. The van der Waals surface area contributed by atoms with Gasteiger partial charge in [-0.3, -0.25) is 0 Å². The Morgan fingerprint density at radius 2 is 1.89 bits per heavy atom. The van der Waals surface area contributed by atoms with Gasteiger partial charge in [0.2, 0.25) is 0 Å². The van der Waals surface area contributed by atoms with E-state index in [0.29, 0.717) is 0 Å². The van der Waals surface area contributed by atoms with Crippen molar-refractivity contribution < 1.29 is 8.85 Å². The molecule has 0 saturated carbocycles. The van der Waals surface area contributed by atoms with E-state index in [0.717, 1.165) is 19.0 Å². The zero-order valence-electron chi connectivity index (χ0n) is 6.02. The van der Waals surface area contributed by atoms with E-state index in [1.165, 1.54) is 0 Å². The molecule has 0 amide bonds. The van der Waals surface area contributed by atoms with Crippen LogP contribution in [0, 0.1) is 0 Å². The first kappa shape index (κ1) is 9.10. The van der Waals surface area contributed by atoms with Crippen LogP contribution in [0.4, 0.5) is 0 Å². The van der Waals surface area contributed by atoms with Gasteiger partial charge in [0.15, 0.2) is 0 Å². The van der Waals surface area contributed by atoms with Crippen LogP contribution in [0.2, 0.25) is 6.04 Å². The quantitative estimate of drug-likeness (QED) is 0.563. The van der Waals surface area contributed by atoms with Crippen molar-refractivity contribution in [1.29, 1.82) is 0 Å². The van der Waals surface area contributed by atoms with Crippen molar-refractivity contribution in [3.8, 4) is 0 Å². The number of rotatable bonds is 5. The van der Waals surface area contributed by atoms with Crippen LogP contribution in [-0.2, 0) is 8.85 Å². The van der Waals surface area contributed by atoms with E-state index < -0.39 is 9.28 Å². The third-order valence-corrected chi connectivity index (χ3v) is 2.71. The van der Waals surface area contributed by atoms with E-state index in [4.69, 9.17) is 14.6 Å². The Balaban J connectivity index is 3.09. The van der Waals surface area contributed by atoms with Crippen molar-refractivity contribution in [3.63, 3.8) is 0 Å². The highest BCUT2D eigenvalue weighted by molar-refractivity contribution is 6.44. The molecule has 0 bridgehead atoms. The Kier molecular flexibility index (Phi) is 6.29. The van der Waals surface area contributed by atoms with Gasteiger partial charge in [0.05, 0.1) is 0 Å². The second kappa shape index (κ2) is 6.22. The Labute approximate surface area is 58.0 Å². The van der Waals surface area contributed by atoms with E-state index in [9.17, 15) is 0 Å². The molecule has 0 unspecified atom stereocenters. The third-order valence-electron chi connectivity index (χ3n) is 1.04. The minimum absolute atomic E-state index is 0.723. The lowest BCUT2D eigenvalue weighted by Crippen LogP contribution is -2.19. The number of hydrogen-bond acceptors (Lipinski definition) is 3. The van der Waals surface area contributed by atoms with E-state index in [2.05, 4.69) is 0 Å². The van der Waals surface area contributed by atoms with Gasteiger partial charge in [-0.05, 0) is 19.0 Å². The summed E-state index contributed by atoms with van der Waals surface area (Å²) in [5, 5.41) is 0. The van der Waals surface area contributed by atoms with Gasteiger partial charge in [0.25, 0.3) is 0 Å². The maximum Gasteiger partial charge on any atom is 0.384 e. The second-order valence-electron chi connectivity index (χ2n) is 1.67. The summed E-state index contributed by atoms with van der Waals surface area (Å²) in [7, 11) is 2.38. The highest BCUT2D eigenvalue weighted by Crippen LogP contribution is 1.96. The molecule has 0 aromatic carbocycles. The SMILES string of the molecule is CO[Si](CCCN)OC. The molecule has 0 spiro atoms. The molecule has 0 fully saturated rings. The molecule has 0 aromatic heterocycles. The fraction of sp³-hybridized carbons (Fsp3) is 1.00. The molecule has 0 rings (SSSR count). The molecule has 0 aromatic rings. The van der Waals surface area contributed by atoms with Crippen molar-refractivity contribution in [1.82, 2.24) is 0 Å². The van der Waals surface area contributed by atoms with Crippen molar-refractivity contribution in [2.45, 2.75) is 12.5 Å². The van der Waals surface area contributed by atoms with Gasteiger partial charge < -0.3 is 14.6 Å². The molecule has 0 aliphatic heterocycles. The fourth-order valence-corrected chi connectivity index (χ4v) is 1.60. The molecular formula is C5H14NO2Si. The molecule has 2 N–H and O–H groups in total. The summed E-state index contributed by atoms with van der Waals surface area (Å²) < 4.78 is 10.1. The molecule has 0 atom stereocenters. The van der Waals surface area contributed by atoms with Crippen LogP contribution in [0.15, 0.2) is 0 Å². The number of hydrogen-bond donors (Lipinski definition) is 1. The van der Waals surface area contributed by atoms with Gasteiger partial charge >= 0.3 is 9.28 Å². The summed E-state index contributed by atoms with van der Waals surface area (Å²) >= 11 is 0. The van der Waals surface area contributed by atoms with Crippen LogP contribution in [-0.4, -0.2) is 30.0 Å². The van der Waals surface area contributed by atoms with Crippen LogP contribution in [0.5, 0.6) is 0 Å². The lowest BCUT2D eigenvalue weighted by Gasteiger charge is -2.06.